The molecule has 0 spiro atoms. The Labute approximate surface area is 128 Å². The van der Waals surface area contributed by atoms with E-state index < -0.39 is 7.82 Å². The lowest BCUT2D eigenvalue weighted by atomic mass is 10.2. The highest BCUT2D eigenvalue weighted by molar-refractivity contribution is 7.49. The zero-order valence-corrected chi connectivity index (χ0v) is 14.3. The summed E-state index contributed by atoms with van der Waals surface area (Å²) in [5.41, 5.74) is 0. The molecular weight excluding hydrogens is 287 g/mol. The summed E-state index contributed by atoms with van der Waals surface area (Å²) in [6.07, 6.45) is 2.81. The number of phosphoric acid groups is 1. The van der Waals surface area contributed by atoms with Crippen LogP contribution in [0.4, 0.5) is 0 Å². The van der Waals surface area contributed by atoms with E-state index in [-0.39, 0.29) is 12.2 Å². The van der Waals surface area contributed by atoms with Crippen molar-refractivity contribution in [1.29, 1.82) is 0 Å². The molecule has 4 nitrogen and oxygen atoms in total. The summed E-state index contributed by atoms with van der Waals surface area (Å²) in [4.78, 5) is 0. The van der Waals surface area contributed by atoms with Crippen LogP contribution in [0.15, 0.2) is 30.3 Å². The fraction of sp³-hybridized carbons (Fsp3) is 0.625. The van der Waals surface area contributed by atoms with Crippen molar-refractivity contribution in [3.8, 4) is 5.75 Å². The van der Waals surface area contributed by atoms with Gasteiger partial charge in [-0.25, -0.2) is 4.57 Å². The molecule has 0 radical (unpaired) electrons. The van der Waals surface area contributed by atoms with Gasteiger partial charge in [0.1, 0.15) is 5.75 Å². The van der Waals surface area contributed by atoms with Crippen molar-refractivity contribution in [3.05, 3.63) is 30.3 Å². The summed E-state index contributed by atoms with van der Waals surface area (Å²) in [7, 11) is -3.62. The van der Waals surface area contributed by atoms with Gasteiger partial charge in [-0.3, -0.25) is 9.05 Å². The number of benzene rings is 1. The molecule has 0 N–H and O–H groups in total. The van der Waals surface area contributed by atoms with Crippen molar-refractivity contribution in [2.24, 2.45) is 0 Å². The van der Waals surface area contributed by atoms with Crippen molar-refractivity contribution in [1.82, 2.24) is 0 Å². The number of para-hydroxylation sites is 1. The van der Waals surface area contributed by atoms with Gasteiger partial charge in [0.05, 0.1) is 12.2 Å². The molecule has 0 aromatic heterocycles. The summed E-state index contributed by atoms with van der Waals surface area (Å²) in [5.74, 6) is 0.498. The van der Waals surface area contributed by atoms with Crippen LogP contribution < -0.4 is 4.52 Å². The molecule has 0 aliphatic rings. The zero-order valence-electron chi connectivity index (χ0n) is 13.5. The van der Waals surface area contributed by atoms with Crippen LogP contribution in [-0.2, 0) is 13.6 Å². The van der Waals surface area contributed by atoms with Gasteiger partial charge in [-0.15, -0.1) is 0 Å². The molecule has 0 amide bonds. The van der Waals surface area contributed by atoms with E-state index in [1.807, 2.05) is 45.9 Å². The fourth-order valence-corrected chi connectivity index (χ4v) is 3.76. The molecule has 0 heterocycles. The van der Waals surface area contributed by atoms with E-state index in [2.05, 4.69) is 0 Å². The second-order valence-corrected chi connectivity index (χ2v) is 6.44. The summed E-state index contributed by atoms with van der Waals surface area (Å²) in [6, 6.07) is 9.03. The van der Waals surface area contributed by atoms with Gasteiger partial charge < -0.3 is 4.52 Å². The minimum absolute atomic E-state index is 0.131. The van der Waals surface area contributed by atoms with Gasteiger partial charge in [0.25, 0.3) is 0 Å². The highest BCUT2D eigenvalue weighted by Crippen LogP contribution is 2.52. The van der Waals surface area contributed by atoms with E-state index >= 15 is 0 Å². The summed E-state index contributed by atoms with van der Waals surface area (Å²) < 4.78 is 29.9. The highest BCUT2D eigenvalue weighted by Gasteiger charge is 2.34. The minimum atomic E-state index is -3.62. The molecule has 0 aliphatic heterocycles. The Kier molecular flexibility index (Phi) is 8.02. The SMILES string of the molecule is CCC(CC)OP(=O)(Oc1ccccc1)OC(CC)CC. The van der Waals surface area contributed by atoms with Crippen LogP contribution in [0.3, 0.4) is 0 Å². The van der Waals surface area contributed by atoms with Gasteiger partial charge in [0.2, 0.25) is 0 Å². The standard InChI is InChI=1S/C16H27O4P/c1-5-14(6-2)18-21(17,19-15(7-3)8-4)20-16-12-10-9-11-13-16/h9-15H,5-8H2,1-4H3. The average molecular weight is 314 g/mol. The maximum Gasteiger partial charge on any atom is 0.530 e. The molecule has 0 bridgehead atoms. The van der Waals surface area contributed by atoms with Crippen molar-refractivity contribution in [2.45, 2.75) is 65.6 Å². The maximum atomic E-state index is 13.0. The van der Waals surface area contributed by atoms with Crippen LogP contribution in [0.2, 0.25) is 0 Å². The van der Waals surface area contributed by atoms with Crippen molar-refractivity contribution in [2.75, 3.05) is 0 Å². The fourth-order valence-electron chi connectivity index (χ4n) is 1.92. The van der Waals surface area contributed by atoms with Crippen LogP contribution >= 0.6 is 7.82 Å². The third-order valence-electron chi connectivity index (χ3n) is 3.34. The second kappa shape index (κ2) is 9.24. The van der Waals surface area contributed by atoms with E-state index in [0.717, 1.165) is 25.7 Å². The van der Waals surface area contributed by atoms with Crippen molar-refractivity contribution in [3.63, 3.8) is 0 Å². The molecule has 120 valence electrons. The predicted molar refractivity (Wildman–Crippen MR) is 85.6 cm³/mol. The van der Waals surface area contributed by atoms with Gasteiger partial charge in [-0.05, 0) is 37.8 Å². The van der Waals surface area contributed by atoms with Gasteiger partial charge >= 0.3 is 7.82 Å². The molecule has 0 atom stereocenters. The molecule has 0 unspecified atom stereocenters. The van der Waals surface area contributed by atoms with E-state index in [0.29, 0.717) is 5.75 Å². The van der Waals surface area contributed by atoms with Crippen LogP contribution in [0.5, 0.6) is 5.75 Å². The van der Waals surface area contributed by atoms with Crippen LogP contribution in [-0.4, -0.2) is 12.2 Å². The first-order chi connectivity index (χ1) is 10.1. The summed E-state index contributed by atoms with van der Waals surface area (Å²) >= 11 is 0. The molecule has 0 fully saturated rings. The first-order valence-corrected chi connectivity index (χ1v) is 9.24. The topological polar surface area (TPSA) is 44.8 Å². The largest absolute Gasteiger partial charge is 0.530 e. The monoisotopic (exact) mass is 314 g/mol. The zero-order chi connectivity index (χ0) is 15.7. The highest BCUT2D eigenvalue weighted by atomic mass is 31.2. The third kappa shape index (κ3) is 6.21. The third-order valence-corrected chi connectivity index (χ3v) is 4.89. The lowest BCUT2D eigenvalue weighted by Gasteiger charge is -2.26. The first kappa shape index (κ1) is 18.2. The Hall–Kier alpha value is -0.830. The summed E-state index contributed by atoms with van der Waals surface area (Å²) in [5, 5.41) is 0. The number of phosphoric ester groups is 1. The van der Waals surface area contributed by atoms with Gasteiger partial charge in [0, 0.05) is 0 Å². The number of rotatable bonds is 10. The average Bonchev–Trinajstić information content (AvgIpc) is 2.51. The van der Waals surface area contributed by atoms with Gasteiger partial charge in [0.15, 0.2) is 0 Å². The maximum absolute atomic E-state index is 13.0. The van der Waals surface area contributed by atoms with E-state index in [1.165, 1.54) is 0 Å². The van der Waals surface area contributed by atoms with Crippen LogP contribution in [0, 0.1) is 0 Å². The smallest absolute Gasteiger partial charge is 0.404 e. The Morgan fingerprint density at radius 3 is 1.67 bits per heavy atom. The predicted octanol–water partition coefficient (Wildman–Crippen LogP) is 5.58. The minimum Gasteiger partial charge on any atom is -0.404 e. The molecule has 21 heavy (non-hydrogen) atoms. The molecule has 0 saturated heterocycles. The quantitative estimate of drug-likeness (QED) is 0.528. The number of hydrogen-bond acceptors (Lipinski definition) is 4. The Balaban J connectivity index is 2.89. The molecule has 1 aromatic rings. The molecule has 5 heteroatoms. The normalized spacial score (nSPS) is 12.1. The molecular formula is C16H27O4P. The molecule has 1 aromatic carbocycles. The Morgan fingerprint density at radius 2 is 1.29 bits per heavy atom. The lowest BCUT2D eigenvalue weighted by Crippen LogP contribution is -2.17. The van der Waals surface area contributed by atoms with Crippen molar-refractivity contribution < 1.29 is 18.1 Å². The first-order valence-electron chi connectivity index (χ1n) is 7.78. The van der Waals surface area contributed by atoms with Crippen LogP contribution in [0.25, 0.3) is 0 Å². The van der Waals surface area contributed by atoms with Gasteiger partial charge in [-0.2, -0.15) is 0 Å². The summed E-state index contributed by atoms with van der Waals surface area (Å²) in [6.45, 7) is 7.99. The second-order valence-electron chi connectivity index (χ2n) is 4.94. The Bertz CT molecular complexity index is 409. The van der Waals surface area contributed by atoms with E-state index in [1.54, 1.807) is 12.1 Å². The molecule has 0 saturated carbocycles. The van der Waals surface area contributed by atoms with Gasteiger partial charge in [-0.1, -0.05) is 45.9 Å². The van der Waals surface area contributed by atoms with E-state index in [4.69, 9.17) is 13.6 Å². The number of hydrogen-bond donors (Lipinski definition) is 0. The van der Waals surface area contributed by atoms with Crippen LogP contribution in [0.1, 0.15) is 53.4 Å². The van der Waals surface area contributed by atoms with E-state index in [9.17, 15) is 4.57 Å². The Morgan fingerprint density at radius 1 is 0.857 bits per heavy atom. The van der Waals surface area contributed by atoms with Crippen molar-refractivity contribution >= 4 is 7.82 Å². The lowest BCUT2D eigenvalue weighted by molar-refractivity contribution is 0.0723. The molecule has 0 aliphatic carbocycles. The molecule has 1 rings (SSSR count).